The summed E-state index contributed by atoms with van der Waals surface area (Å²) in [6.07, 6.45) is -4.04. The Morgan fingerprint density at radius 1 is 1.41 bits per heavy atom. The number of hydrogen-bond acceptors (Lipinski definition) is 7. The zero-order valence-corrected chi connectivity index (χ0v) is 12.7. The van der Waals surface area contributed by atoms with Gasteiger partial charge in [0.05, 0.1) is 34.2 Å². The number of quaternary nitrogens is 1. The lowest BCUT2D eigenvalue weighted by atomic mass is 10.1. The average molecular weight is 320 g/mol. The number of carbonyl (C=O) groups excluding carboxylic acids is 1. The Kier molecular flexibility index (Phi) is 5.75. The van der Waals surface area contributed by atoms with Crippen LogP contribution in [0.1, 0.15) is 6.42 Å². The number of aliphatic carboxylic acids is 1. The van der Waals surface area contributed by atoms with Gasteiger partial charge in [-0.15, -0.1) is 0 Å². The topological polar surface area (TPSA) is 134 Å². The summed E-state index contributed by atoms with van der Waals surface area (Å²) in [5, 5.41) is 37.2. The minimum Gasteiger partial charge on any atom is -0.499 e. The molecule has 0 fully saturated rings. The summed E-state index contributed by atoms with van der Waals surface area (Å²) in [6.45, 7) is -0.434. The highest BCUT2D eigenvalue weighted by Gasteiger charge is 2.42. The van der Waals surface area contributed by atoms with Gasteiger partial charge in [-0.3, -0.25) is 4.79 Å². The number of hydrogen-bond donors (Lipinski definition) is 4. The summed E-state index contributed by atoms with van der Waals surface area (Å²) in [4.78, 5) is 22.3. The molecule has 1 aliphatic heterocycles. The molecular formula is C13H22NO8+. The normalized spacial score (nSPS) is 21.5. The highest BCUT2D eigenvalue weighted by atomic mass is 16.6. The van der Waals surface area contributed by atoms with E-state index < -0.39 is 42.6 Å². The molecule has 0 radical (unpaired) electrons. The van der Waals surface area contributed by atoms with Gasteiger partial charge in [-0.05, 0) is 0 Å². The van der Waals surface area contributed by atoms with Gasteiger partial charge in [-0.1, -0.05) is 0 Å². The van der Waals surface area contributed by atoms with E-state index in [1.165, 1.54) is 0 Å². The molecule has 0 aromatic heterocycles. The molecule has 0 bridgehead atoms. The lowest BCUT2D eigenvalue weighted by Gasteiger charge is -2.30. The summed E-state index contributed by atoms with van der Waals surface area (Å²) >= 11 is 0. The van der Waals surface area contributed by atoms with E-state index in [1.807, 2.05) is 21.1 Å². The number of likely N-dealkylation sites (N-methyl/N-ethyl adjacent to an activating group) is 1. The Morgan fingerprint density at radius 3 is 2.45 bits per heavy atom. The standard InChI is InChI=1S/C13H21NO8/c1-14(2,3)5-7(4-9(17)18)21-12-10(19)13(20)22-11(12)8(16)6-15/h7-8,11,15-16H,4-6H2,1-3H3,(H-,17,18,19)/p+1/t7?,8-,11+/m0/s1. The monoisotopic (exact) mass is 320 g/mol. The van der Waals surface area contributed by atoms with Gasteiger partial charge in [-0.2, -0.15) is 0 Å². The van der Waals surface area contributed by atoms with Gasteiger partial charge < -0.3 is 34.4 Å². The van der Waals surface area contributed by atoms with E-state index in [0.717, 1.165) is 0 Å². The van der Waals surface area contributed by atoms with Crippen LogP contribution in [-0.4, -0.2) is 89.5 Å². The van der Waals surface area contributed by atoms with Gasteiger partial charge in [0.25, 0.3) is 0 Å². The van der Waals surface area contributed by atoms with Crippen molar-refractivity contribution in [1.29, 1.82) is 0 Å². The Bertz CT molecular complexity index is 467. The van der Waals surface area contributed by atoms with Crippen molar-refractivity contribution in [3.63, 3.8) is 0 Å². The van der Waals surface area contributed by atoms with Gasteiger partial charge in [0.1, 0.15) is 12.6 Å². The van der Waals surface area contributed by atoms with Crippen molar-refractivity contribution in [2.75, 3.05) is 34.3 Å². The summed E-state index contributed by atoms with van der Waals surface area (Å²) in [6, 6.07) is 0. The minimum atomic E-state index is -1.47. The van der Waals surface area contributed by atoms with Crippen LogP contribution in [-0.2, 0) is 19.1 Å². The predicted octanol–water partition coefficient (Wildman–Crippen LogP) is -1.40. The third-order valence-corrected chi connectivity index (χ3v) is 2.90. The third kappa shape index (κ3) is 4.86. The van der Waals surface area contributed by atoms with E-state index in [9.17, 15) is 19.8 Å². The van der Waals surface area contributed by atoms with Crippen LogP contribution in [0.15, 0.2) is 11.5 Å². The van der Waals surface area contributed by atoms with Gasteiger partial charge in [0.2, 0.25) is 5.76 Å². The maximum atomic E-state index is 11.4. The van der Waals surface area contributed by atoms with Crippen molar-refractivity contribution < 1.29 is 44.0 Å². The van der Waals surface area contributed by atoms with Gasteiger partial charge in [0, 0.05) is 0 Å². The quantitative estimate of drug-likeness (QED) is 0.317. The number of carboxylic acid groups (broad SMARTS) is 1. The highest BCUT2D eigenvalue weighted by molar-refractivity contribution is 5.89. The third-order valence-electron chi connectivity index (χ3n) is 2.90. The van der Waals surface area contributed by atoms with E-state index >= 15 is 0 Å². The van der Waals surface area contributed by atoms with Crippen LogP contribution >= 0.6 is 0 Å². The van der Waals surface area contributed by atoms with E-state index in [1.54, 1.807) is 0 Å². The molecule has 4 N–H and O–H groups in total. The number of carboxylic acids is 1. The van der Waals surface area contributed by atoms with Crippen LogP contribution in [0.2, 0.25) is 0 Å². The van der Waals surface area contributed by atoms with Crippen LogP contribution in [0.5, 0.6) is 0 Å². The zero-order chi connectivity index (χ0) is 17.1. The molecule has 0 aromatic carbocycles. The summed E-state index contributed by atoms with van der Waals surface area (Å²) in [5.41, 5.74) is 0. The van der Waals surface area contributed by atoms with Crippen molar-refractivity contribution in [3.05, 3.63) is 11.5 Å². The Balaban J connectivity index is 2.97. The second kappa shape index (κ2) is 6.95. The number of cyclic esters (lactones) is 1. The van der Waals surface area contributed by atoms with Gasteiger partial charge >= 0.3 is 11.9 Å². The van der Waals surface area contributed by atoms with Crippen molar-refractivity contribution in [2.45, 2.75) is 24.7 Å². The Hall–Kier alpha value is -1.84. The van der Waals surface area contributed by atoms with E-state index in [0.29, 0.717) is 4.48 Å². The average Bonchev–Trinajstić information content (AvgIpc) is 2.63. The predicted molar refractivity (Wildman–Crippen MR) is 72.7 cm³/mol. The van der Waals surface area contributed by atoms with Crippen LogP contribution in [0.4, 0.5) is 0 Å². The number of rotatable bonds is 8. The van der Waals surface area contributed by atoms with Gasteiger partial charge in [-0.25, -0.2) is 4.79 Å². The SMILES string of the molecule is C[N+](C)(C)CC(CC(=O)O)OC1=C(O)C(=O)O[C@@H]1[C@@H](O)CO. The van der Waals surface area contributed by atoms with E-state index in [2.05, 4.69) is 0 Å². The van der Waals surface area contributed by atoms with E-state index in [4.69, 9.17) is 19.7 Å². The molecule has 1 rings (SSSR count). The van der Waals surface area contributed by atoms with Crippen LogP contribution in [0, 0.1) is 0 Å². The number of aliphatic hydroxyl groups excluding tert-OH is 3. The maximum Gasteiger partial charge on any atom is 0.378 e. The molecule has 0 aliphatic carbocycles. The largest absolute Gasteiger partial charge is 0.499 e. The molecule has 1 aliphatic rings. The number of ether oxygens (including phenoxy) is 2. The lowest BCUT2D eigenvalue weighted by Crippen LogP contribution is -2.44. The van der Waals surface area contributed by atoms with Crippen molar-refractivity contribution in [1.82, 2.24) is 0 Å². The molecule has 9 heteroatoms. The number of carbonyl (C=O) groups is 2. The fraction of sp³-hybridized carbons (Fsp3) is 0.692. The molecule has 9 nitrogen and oxygen atoms in total. The first-order chi connectivity index (χ1) is 10.0. The molecule has 0 saturated heterocycles. The molecule has 3 atom stereocenters. The molecule has 0 spiro atoms. The number of esters is 1. The molecule has 0 aromatic rings. The van der Waals surface area contributed by atoms with Crippen LogP contribution in [0.25, 0.3) is 0 Å². The second-order valence-corrected chi connectivity index (χ2v) is 6.10. The van der Waals surface area contributed by atoms with E-state index in [-0.39, 0.29) is 18.7 Å². The van der Waals surface area contributed by atoms with Crippen molar-refractivity contribution >= 4 is 11.9 Å². The van der Waals surface area contributed by atoms with Crippen LogP contribution in [0.3, 0.4) is 0 Å². The minimum absolute atomic E-state index is 0.277. The summed E-state index contributed by atoms with van der Waals surface area (Å²) in [5.74, 6) is -3.38. The van der Waals surface area contributed by atoms with Gasteiger partial charge in [0.15, 0.2) is 18.0 Å². The first kappa shape index (κ1) is 18.2. The Morgan fingerprint density at radius 2 is 2.00 bits per heavy atom. The molecule has 0 saturated carbocycles. The molecule has 22 heavy (non-hydrogen) atoms. The summed E-state index contributed by atoms with van der Waals surface area (Å²) < 4.78 is 10.5. The molecule has 126 valence electrons. The fourth-order valence-corrected chi connectivity index (χ4v) is 2.06. The first-order valence-corrected chi connectivity index (χ1v) is 6.67. The number of nitrogens with zero attached hydrogens (tertiary/aromatic N) is 1. The van der Waals surface area contributed by atoms with Crippen molar-refractivity contribution in [2.24, 2.45) is 0 Å². The first-order valence-electron chi connectivity index (χ1n) is 6.67. The lowest BCUT2D eigenvalue weighted by molar-refractivity contribution is -0.873. The molecule has 0 amide bonds. The maximum absolute atomic E-state index is 11.4. The van der Waals surface area contributed by atoms with Crippen LogP contribution < -0.4 is 0 Å². The summed E-state index contributed by atoms with van der Waals surface area (Å²) in [7, 11) is 5.47. The highest BCUT2D eigenvalue weighted by Crippen LogP contribution is 2.27. The zero-order valence-electron chi connectivity index (χ0n) is 12.7. The smallest absolute Gasteiger partial charge is 0.378 e. The van der Waals surface area contributed by atoms with Crippen molar-refractivity contribution in [3.8, 4) is 0 Å². The molecule has 1 heterocycles. The second-order valence-electron chi connectivity index (χ2n) is 6.10. The molecule has 1 unspecified atom stereocenters. The Labute approximate surface area is 127 Å². The molecular weight excluding hydrogens is 298 g/mol. The fourth-order valence-electron chi connectivity index (χ4n) is 2.06. The number of aliphatic hydroxyl groups is 3.